The minimum Gasteiger partial charge on any atom is -0.353 e. The zero-order valence-corrected chi connectivity index (χ0v) is 13.3. The highest BCUT2D eigenvalue weighted by molar-refractivity contribution is 6.30. The van der Waals surface area contributed by atoms with Crippen molar-refractivity contribution in [2.24, 2.45) is 0 Å². The fraction of sp³-hybridized carbons (Fsp3) is 0.375. The second-order valence-corrected chi connectivity index (χ2v) is 5.67. The minimum atomic E-state index is -0.0942. The van der Waals surface area contributed by atoms with Crippen molar-refractivity contribution < 1.29 is 0 Å². The van der Waals surface area contributed by atoms with Crippen LogP contribution in [-0.4, -0.2) is 16.0 Å². The maximum atomic E-state index is 12.2. The van der Waals surface area contributed by atoms with E-state index in [9.17, 15) is 4.79 Å². The van der Waals surface area contributed by atoms with Gasteiger partial charge >= 0.3 is 0 Å². The molecule has 0 bridgehead atoms. The summed E-state index contributed by atoms with van der Waals surface area (Å²) in [6, 6.07) is 7.77. The average Bonchev–Trinajstić information content (AvgIpc) is 2.44. The third kappa shape index (κ3) is 4.08. The first kappa shape index (κ1) is 15.6. The molecule has 0 saturated carbocycles. The van der Waals surface area contributed by atoms with Gasteiger partial charge in [-0.05, 0) is 38.0 Å². The molecule has 1 aromatic carbocycles. The summed E-state index contributed by atoms with van der Waals surface area (Å²) >= 11 is 5.87. The lowest BCUT2D eigenvalue weighted by atomic mass is 10.1. The van der Waals surface area contributed by atoms with Gasteiger partial charge in [0.2, 0.25) is 5.95 Å². The number of hydrogen-bond acceptors (Lipinski definition) is 3. The summed E-state index contributed by atoms with van der Waals surface area (Å²) in [6.45, 7) is 6.00. The lowest BCUT2D eigenvalue weighted by Gasteiger charge is -2.13. The van der Waals surface area contributed by atoms with Gasteiger partial charge in [-0.2, -0.15) is 0 Å². The molecular formula is C16H20ClN3O. The summed E-state index contributed by atoms with van der Waals surface area (Å²) in [4.78, 5) is 19.5. The maximum absolute atomic E-state index is 12.2. The van der Waals surface area contributed by atoms with E-state index in [0.29, 0.717) is 23.0 Å². The van der Waals surface area contributed by atoms with E-state index < -0.39 is 0 Å². The number of aromatic amines is 1. The van der Waals surface area contributed by atoms with Crippen LogP contribution in [0.3, 0.4) is 0 Å². The number of nitrogens with one attached hydrogen (secondary N) is 2. The fourth-order valence-electron chi connectivity index (χ4n) is 2.03. The molecule has 2 rings (SSSR count). The fourth-order valence-corrected chi connectivity index (χ4v) is 2.15. The molecule has 0 aliphatic carbocycles. The van der Waals surface area contributed by atoms with E-state index in [1.807, 2.05) is 31.2 Å². The number of H-pyrrole nitrogens is 1. The van der Waals surface area contributed by atoms with E-state index in [4.69, 9.17) is 11.6 Å². The average molecular weight is 306 g/mol. The summed E-state index contributed by atoms with van der Waals surface area (Å²) in [7, 11) is 0. The Morgan fingerprint density at radius 2 is 2.00 bits per heavy atom. The van der Waals surface area contributed by atoms with Crippen LogP contribution < -0.4 is 10.9 Å². The lowest BCUT2D eigenvalue weighted by molar-refractivity contribution is 0.749. The van der Waals surface area contributed by atoms with Crippen LogP contribution in [0.15, 0.2) is 29.1 Å². The summed E-state index contributed by atoms with van der Waals surface area (Å²) in [6.07, 6.45) is 1.52. The van der Waals surface area contributed by atoms with Gasteiger partial charge in [0.25, 0.3) is 5.56 Å². The molecule has 0 aliphatic rings. The molecule has 2 aromatic rings. The minimum absolute atomic E-state index is 0.0942. The SMILES string of the molecule is CCC(C)Nc1nc(C)c(Cc2ccc(Cl)cc2)c(=O)[nH]1. The monoisotopic (exact) mass is 305 g/mol. The van der Waals surface area contributed by atoms with Crippen molar-refractivity contribution >= 4 is 17.5 Å². The zero-order chi connectivity index (χ0) is 15.4. The maximum Gasteiger partial charge on any atom is 0.256 e. The molecule has 5 heteroatoms. The summed E-state index contributed by atoms with van der Waals surface area (Å²) in [5.74, 6) is 0.534. The Hall–Kier alpha value is -1.81. The number of halogens is 1. The molecule has 0 amide bonds. The zero-order valence-electron chi connectivity index (χ0n) is 12.5. The van der Waals surface area contributed by atoms with Gasteiger partial charge in [-0.15, -0.1) is 0 Å². The first-order valence-electron chi connectivity index (χ1n) is 7.10. The largest absolute Gasteiger partial charge is 0.353 e. The third-order valence-corrected chi connectivity index (χ3v) is 3.76. The van der Waals surface area contributed by atoms with Crippen molar-refractivity contribution in [3.8, 4) is 0 Å². The Labute approximate surface area is 129 Å². The number of aromatic nitrogens is 2. The van der Waals surface area contributed by atoms with E-state index >= 15 is 0 Å². The second-order valence-electron chi connectivity index (χ2n) is 5.24. The molecule has 1 heterocycles. The van der Waals surface area contributed by atoms with Crippen LogP contribution in [0.25, 0.3) is 0 Å². The highest BCUT2D eigenvalue weighted by atomic mass is 35.5. The molecule has 0 fully saturated rings. The Bertz CT molecular complexity index is 664. The van der Waals surface area contributed by atoms with Gasteiger partial charge < -0.3 is 5.32 Å². The van der Waals surface area contributed by atoms with Crippen molar-refractivity contribution in [1.29, 1.82) is 0 Å². The van der Waals surface area contributed by atoms with Crippen molar-refractivity contribution in [2.45, 2.75) is 39.7 Å². The van der Waals surface area contributed by atoms with Crippen molar-refractivity contribution in [3.63, 3.8) is 0 Å². The number of benzene rings is 1. The summed E-state index contributed by atoms with van der Waals surface area (Å²) in [5, 5.41) is 3.88. The van der Waals surface area contributed by atoms with Crippen LogP contribution in [0.5, 0.6) is 0 Å². The summed E-state index contributed by atoms with van der Waals surface area (Å²) in [5.41, 5.74) is 2.38. The van der Waals surface area contributed by atoms with Gasteiger partial charge in [0.15, 0.2) is 0 Å². The molecule has 1 unspecified atom stereocenters. The van der Waals surface area contributed by atoms with E-state index in [2.05, 4.69) is 29.1 Å². The molecule has 1 atom stereocenters. The summed E-state index contributed by atoms with van der Waals surface area (Å²) < 4.78 is 0. The lowest BCUT2D eigenvalue weighted by Crippen LogP contribution is -2.23. The highest BCUT2D eigenvalue weighted by Crippen LogP contribution is 2.14. The van der Waals surface area contributed by atoms with Gasteiger partial charge in [0, 0.05) is 23.0 Å². The van der Waals surface area contributed by atoms with Gasteiger partial charge in [-0.25, -0.2) is 4.98 Å². The van der Waals surface area contributed by atoms with Crippen molar-refractivity contribution in [3.05, 3.63) is 56.5 Å². The van der Waals surface area contributed by atoms with Crippen LogP contribution in [0.1, 0.15) is 37.1 Å². The first-order valence-corrected chi connectivity index (χ1v) is 7.48. The first-order chi connectivity index (χ1) is 9.99. The molecule has 4 nitrogen and oxygen atoms in total. The molecule has 0 aliphatic heterocycles. The second kappa shape index (κ2) is 6.76. The highest BCUT2D eigenvalue weighted by Gasteiger charge is 2.10. The van der Waals surface area contributed by atoms with Gasteiger partial charge in [-0.1, -0.05) is 30.7 Å². The predicted octanol–water partition coefficient (Wildman–Crippen LogP) is 3.53. The molecule has 21 heavy (non-hydrogen) atoms. The molecule has 112 valence electrons. The van der Waals surface area contributed by atoms with Crippen LogP contribution in [-0.2, 0) is 6.42 Å². The van der Waals surface area contributed by atoms with Gasteiger partial charge in [0.05, 0.1) is 5.69 Å². The van der Waals surface area contributed by atoms with E-state index in [1.165, 1.54) is 0 Å². The molecule has 0 radical (unpaired) electrons. The van der Waals surface area contributed by atoms with Crippen LogP contribution >= 0.6 is 11.6 Å². The quantitative estimate of drug-likeness (QED) is 0.888. The molecule has 1 aromatic heterocycles. The Kier molecular flexibility index (Phi) is 5.02. The van der Waals surface area contributed by atoms with E-state index in [1.54, 1.807) is 0 Å². The van der Waals surface area contributed by atoms with Crippen LogP contribution in [0, 0.1) is 6.92 Å². The van der Waals surface area contributed by atoms with Gasteiger partial charge in [-0.3, -0.25) is 9.78 Å². The van der Waals surface area contributed by atoms with Crippen LogP contribution in [0.2, 0.25) is 5.02 Å². The normalized spacial score (nSPS) is 12.2. The number of hydrogen-bond donors (Lipinski definition) is 2. The van der Waals surface area contributed by atoms with Crippen LogP contribution in [0.4, 0.5) is 5.95 Å². The number of nitrogens with zero attached hydrogens (tertiary/aromatic N) is 1. The smallest absolute Gasteiger partial charge is 0.256 e. The van der Waals surface area contributed by atoms with Gasteiger partial charge in [0.1, 0.15) is 0 Å². The molecule has 2 N–H and O–H groups in total. The topological polar surface area (TPSA) is 57.8 Å². The Morgan fingerprint density at radius 1 is 1.33 bits per heavy atom. The molecule has 0 saturated heterocycles. The van der Waals surface area contributed by atoms with Crippen molar-refractivity contribution in [1.82, 2.24) is 9.97 Å². The molecule has 0 spiro atoms. The number of anilines is 1. The number of aryl methyl sites for hydroxylation is 1. The predicted molar refractivity (Wildman–Crippen MR) is 87.2 cm³/mol. The Balaban J connectivity index is 2.25. The van der Waals surface area contributed by atoms with E-state index in [0.717, 1.165) is 17.7 Å². The van der Waals surface area contributed by atoms with Crippen molar-refractivity contribution in [2.75, 3.05) is 5.32 Å². The standard InChI is InChI=1S/C16H20ClN3O/c1-4-10(2)18-16-19-11(3)14(15(21)20-16)9-12-5-7-13(17)8-6-12/h5-8,10H,4,9H2,1-3H3,(H2,18,19,20,21). The van der Waals surface area contributed by atoms with E-state index in [-0.39, 0.29) is 11.6 Å². The number of rotatable bonds is 5. The third-order valence-electron chi connectivity index (χ3n) is 3.51. The Morgan fingerprint density at radius 3 is 2.57 bits per heavy atom. The molecular weight excluding hydrogens is 286 g/mol.